The summed E-state index contributed by atoms with van der Waals surface area (Å²) in [6.07, 6.45) is 0. The Labute approximate surface area is 99.8 Å². The Morgan fingerprint density at radius 3 is 2.65 bits per heavy atom. The maximum atomic E-state index is 12.9. The summed E-state index contributed by atoms with van der Waals surface area (Å²) in [5.41, 5.74) is 7.97. The van der Waals surface area contributed by atoms with Crippen LogP contribution in [0.3, 0.4) is 0 Å². The Morgan fingerprint density at radius 2 is 1.94 bits per heavy atom. The first-order chi connectivity index (χ1) is 8.16. The second-order valence-electron chi connectivity index (χ2n) is 3.90. The fourth-order valence-corrected chi connectivity index (χ4v) is 1.57. The molecule has 0 amide bonds. The molecule has 0 saturated heterocycles. The van der Waals surface area contributed by atoms with Crippen molar-refractivity contribution in [1.29, 1.82) is 0 Å². The third kappa shape index (κ3) is 2.75. The van der Waals surface area contributed by atoms with Crippen LogP contribution in [0.4, 0.5) is 10.1 Å². The van der Waals surface area contributed by atoms with Gasteiger partial charge in [-0.15, -0.1) is 0 Å². The molecule has 0 aromatic heterocycles. The average Bonchev–Trinajstić information content (AvgIpc) is 2.30. The highest BCUT2D eigenvalue weighted by Crippen LogP contribution is 2.20. The third-order valence-electron chi connectivity index (χ3n) is 2.58. The van der Waals surface area contributed by atoms with Crippen LogP contribution in [0, 0.1) is 12.7 Å². The zero-order valence-electron chi connectivity index (χ0n) is 9.61. The molecule has 0 aliphatic carbocycles. The second-order valence-corrected chi connectivity index (χ2v) is 3.90. The first-order valence-electron chi connectivity index (χ1n) is 5.39. The lowest BCUT2D eigenvalue weighted by Crippen LogP contribution is -2.01. The van der Waals surface area contributed by atoms with Crippen LogP contribution in [0.25, 0.3) is 0 Å². The van der Waals surface area contributed by atoms with Gasteiger partial charge in [0.2, 0.25) is 0 Å². The summed E-state index contributed by atoms with van der Waals surface area (Å²) in [6.45, 7) is 2.32. The lowest BCUT2D eigenvalue weighted by atomic mass is 10.2. The van der Waals surface area contributed by atoms with Crippen LogP contribution in [-0.2, 0) is 6.61 Å². The largest absolute Gasteiger partial charge is 0.489 e. The van der Waals surface area contributed by atoms with Crippen LogP contribution in [0.15, 0.2) is 42.5 Å². The molecule has 2 nitrogen and oxygen atoms in total. The molecule has 0 fully saturated rings. The summed E-state index contributed by atoms with van der Waals surface area (Å²) < 4.78 is 18.5. The first-order valence-corrected chi connectivity index (χ1v) is 5.39. The van der Waals surface area contributed by atoms with Crippen LogP contribution in [0.5, 0.6) is 5.75 Å². The highest BCUT2D eigenvalue weighted by Gasteiger charge is 2.03. The lowest BCUT2D eigenvalue weighted by Gasteiger charge is -2.10. The molecular weight excluding hydrogens is 217 g/mol. The van der Waals surface area contributed by atoms with Gasteiger partial charge in [0, 0.05) is 11.3 Å². The van der Waals surface area contributed by atoms with E-state index >= 15 is 0 Å². The molecule has 0 saturated carbocycles. The number of halogens is 1. The van der Waals surface area contributed by atoms with E-state index in [4.69, 9.17) is 10.5 Å². The van der Waals surface area contributed by atoms with Crippen molar-refractivity contribution in [3.05, 3.63) is 59.4 Å². The van der Waals surface area contributed by atoms with Gasteiger partial charge in [-0.1, -0.05) is 24.3 Å². The van der Waals surface area contributed by atoms with Crippen molar-refractivity contribution < 1.29 is 9.13 Å². The van der Waals surface area contributed by atoms with Crippen LogP contribution >= 0.6 is 0 Å². The van der Waals surface area contributed by atoms with E-state index < -0.39 is 0 Å². The first kappa shape index (κ1) is 11.5. The quantitative estimate of drug-likeness (QED) is 0.822. The number of nitrogens with two attached hydrogens (primary N) is 1. The molecular formula is C14H14FNO. The van der Waals surface area contributed by atoms with Crippen molar-refractivity contribution >= 4 is 5.69 Å². The van der Waals surface area contributed by atoms with Crippen LogP contribution in [0.1, 0.15) is 11.1 Å². The van der Waals surface area contributed by atoms with E-state index in [2.05, 4.69) is 0 Å². The normalized spacial score (nSPS) is 10.2. The smallest absolute Gasteiger partial charge is 0.125 e. The fourth-order valence-electron chi connectivity index (χ4n) is 1.57. The van der Waals surface area contributed by atoms with E-state index in [0.717, 1.165) is 16.9 Å². The summed E-state index contributed by atoms with van der Waals surface area (Å²) in [5, 5.41) is 0. The Kier molecular flexibility index (Phi) is 3.28. The van der Waals surface area contributed by atoms with Gasteiger partial charge in [-0.25, -0.2) is 4.39 Å². The van der Waals surface area contributed by atoms with Crippen molar-refractivity contribution in [2.75, 3.05) is 5.73 Å². The number of para-hydroxylation sites is 1. The maximum Gasteiger partial charge on any atom is 0.125 e. The summed E-state index contributed by atoms with van der Waals surface area (Å²) in [4.78, 5) is 0. The molecule has 2 aromatic carbocycles. The van der Waals surface area contributed by atoms with Gasteiger partial charge in [0.1, 0.15) is 18.2 Å². The number of rotatable bonds is 3. The number of anilines is 1. The molecule has 0 unspecified atom stereocenters. The summed E-state index contributed by atoms with van der Waals surface area (Å²) in [5.74, 6) is 0.485. The fraction of sp³-hybridized carbons (Fsp3) is 0.143. The highest BCUT2D eigenvalue weighted by atomic mass is 19.1. The van der Waals surface area contributed by atoms with E-state index in [1.807, 2.05) is 31.2 Å². The minimum atomic E-state index is -0.331. The van der Waals surface area contributed by atoms with Crippen molar-refractivity contribution in [2.24, 2.45) is 0 Å². The number of benzene rings is 2. The van der Waals surface area contributed by atoms with Crippen LogP contribution < -0.4 is 10.5 Å². The van der Waals surface area contributed by atoms with Gasteiger partial charge in [-0.3, -0.25) is 0 Å². The maximum absolute atomic E-state index is 12.9. The minimum Gasteiger partial charge on any atom is -0.489 e. The number of hydrogen-bond donors (Lipinski definition) is 1. The summed E-state index contributed by atoms with van der Waals surface area (Å²) in [6, 6.07) is 12.1. The van der Waals surface area contributed by atoms with Gasteiger partial charge in [0.25, 0.3) is 0 Å². The van der Waals surface area contributed by atoms with E-state index in [-0.39, 0.29) is 5.82 Å². The molecule has 0 radical (unpaired) electrons. The van der Waals surface area contributed by atoms with Gasteiger partial charge in [0.15, 0.2) is 0 Å². The zero-order chi connectivity index (χ0) is 12.3. The summed E-state index contributed by atoms with van der Waals surface area (Å²) >= 11 is 0. The average molecular weight is 231 g/mol. The van der Waals surface area contributed by atoms with Crippen molar-refractivity contribution in [3.8, 4) is 5.75 Å². The van der Waals surface area contributed by atoms with E-state index in [1.54, 1.807) is 6.07 Å². The van der Waals surface area contributed by atoms with Crippen molar-refractivity contribution in [1.82, 2.24) is 0 Å². The van der Waals surface area contributed by atoms with E-state index in [9.17, 15) is 4.39 Å². The van der Waals surface area contributed by atoms with Gasteiger partial charge in [0.05, 0.1) is 0 Å². The number of ether oxygens (including phenoxy) is 1. The highest BCUT2D eigenvalue weighted by molar-refractivity contribution is 5.46. The Morgan fingerprint density at radius 1 is 1.18 bits per heavy atom. The lowest BCUT2D eigenvalue weighted by molar-refractivity contribution is 0.304. The number of aryl methyl sites for hydroxylation is 1. The van der Waals surface area contributed by atoms with E-state index in [1.165, 1.54) is 12.1 Å². The molecule has 2 rings (SSSR count). The molecule has 0 spiro atoms. The predicted molar refractivity (Wildman–Crippen MR) is 66.3 cm³/mol. The molecule has 88 valence electrons. The number of hydrogen-bond acceptors (Lipinski definition) is 2. The molecule has 0 bridgehead atoms. The van der Waals surface area contributed by atoms with Crippen molar-refractivity contribution in [3.63, 3.8) is 0 Å². The summed E-state index contributed by atoms with van der Waals surface area (Å²) in [7, 11) is 0. The predicted octanol–water partition coefficient (Wildman–Crippen LogP) is 3.30. The van der Waals surface area contributed by atoms with E-state index in [0.29, 0.717) is 12.3 Å². The van der Waals surface area contributed by atoms with Gasteiger partial charge in [-0.05, 0) is 30.7 Å². The second kappa shape index (κ2) is 4.87. The Bertz CT molecular complexity index is 525. The molecule has 0 aliphatic rings. The molecule has 0 atom stereocenters. The Hall–Kier alpha value is -2.03. The van der Waals surface area contributed by atoms with Crippen LogP contribution in [-0.4, -0.2) is 0 Å². The molecule has 0 heterocycles. The standard InChI is InChI=1S/C14H14FNO/c1-10-4-2-3-5-14(10)17-9-11-6-7-12(15)8-13(11)16/h2-8H,9,16H2,1H3. The Balaban J connectivity index is 2.10. The molecule has 3 heteroatoms. The van der Waals surface area contributed by atoms with Gasteiger partial charge < -0.3 is 10.5 Å². The molecule has 17 heavy (non-hydrogen) atoms. The SMILES string of the molecule is Cc1ccccc1OCc1ccc(F)cc1N. The molecule has 2 aromatic rings. The molecule has 2 N–H and O–H groups in total. The zero-order valence-corrected chi connectivity index (χ0v) is 9.61. The van der Waals surface area contributed by atoms with Gasteiger partial charge >= 0.3 is 0 Å². The van der Waals surface area contributed by atoms with Crippen molar-refractivity contribution in [2.45, 2.75) is 13.5 Å². The molecule has 0 aliphatic heterocycles. The third-order valence-corrected chi connectivity index (χ3v) is 2.58. The minimum absolute atomic E-state index is 0.331. The topological polar surface area (TPSA) is 35.2 Å². The monoisotopic (exact) mass is 231 g/mol. The number of nitrogen functional groups attached to an aromatic ring is 1. The van der Waals surface area contributed by atoms with Crippen LogP contribution in [0.2, 0.25) is 0 Å². The van der Waals surface area contributed by atoms with Gasteiger partial charge in [-0.2, -0.15) is 0 Å².